The first-order valence-electron chi connectivity index (χ1n) is 24.8. The maximum absolute atomic E-state index is 12.7. The summed E-state index contributed by atoms with van der Waals surface area (Å²) in [5.74, 6) is -0.905. The Kier molecular flexibility index (Phi) is 45.4. The molecule has 0 aromatic carbocycles. The molecule has 1 unspecified atom stereocenters. The van der Waals surface area contributed by atoms with Gasteiger partial charge in [-0.25, -0.2) is 0 Å². The van der Waals surface area contributed by atoms with Gasteiger partial charge in [0.25, 0.3) is 0 Å². The molecule has 0 radical (unpaired) electrons. The minimum absolute atomic E-state index is 0.0809. The molecule has 6 nitrogen and oxygen atoms in total. The fourth-order valence-electron chi connectivity index (χ4n) is 6.78. The van der Waals surface area contributed by atoms with E-state index >= 15 is 0 Å². The Morgan fingerprint density at radius 3 is 1.08 bits per heavy atom. The van der Waals surface area contributed by atoms with Crippen molar-refractivity contribution in [2.45, 2.75) is 245 Å². The van der Waals surface area contributed by atoms with E-state index in [9.17, 15) is 14.4 Å². The number of carbonyl (C=O) groups excluding carboxylic acids is 3. The fraction of sp³-hybridized carbons (Fsp3) is 0.755. The normalized spacial score (nSPS) is 12.5. The highest BCUT2D eigenvalue weighted by atomic mass is 16.6. The van der Waals surface area contributed by atoms with E-state index in [1.807, 2.05) is 0 Å². The zero-order valence-corrected chi connectivity index (χ0v) is 38.8. The molecule has 0 fully saturated rings. The predicted octanol–water partition coefficient (Wildman–Crippen LogP) is 16.1. The molecular weight excluding hydrogens is 733 g/mol. The molecule has 0 bridgehead atoms. The Morgan fingerprint density at radius 1 is 0.356 bits per heavy atom. The topological polar surface area (TPSA) is 78.9 Å². The lowest BCUT2D eigenvalue weighted by molar-refractivity contribution is -0.167. The summed E-state index contributed by atoms with van der Waals surface area (Å²) in [6.07, 6.45) is 57.7. The Hall–Kier alpha value is -2.89. The molecule has 0 N–H and O–H groups in total. The van der Waals surface area contributed by atoms with Crippen LogP contribution < -0.4 is 0 Å². The summed E-state index contributed by atoms with van der Waals surface area (Å²) in [4.78, 5) is 37.8. The summed E-state index contributed by atoms with van der Waals surface area (Å²) in [6, 6.07) is 0. The molecule has 0 aliphatic heterocycles. The van der Waals surface area contributed by atoms with Crippen molar-refractivity contribution in [3.8, 4) is 0 Å². The Bertz CT molecular complexity index is 1090. The summed E-state index contributed by atoms with van der Waals surface area (Å²) in [5.41, 5.74) is 0. The van der Waals surface area contributed by atoms with Gasteiger partial charge in [-0.15, -0.1) is 0 Å². The quantitative estimate of drug-likeness (QED) is 0.0263. The smallest absolute Gasteiger partial charge is 0.306 e. The highest BCUT2D eigenvalue weighted by Gasteiger charge is 2.19. The number of hydrogen-bond acceptors (Lipinski definition) is 6. The lowest BCUT2D eigenvalue weighted by atomic mass is 10.1. The van der Waals surface area contributed by atoms with Crippen LogP contribution in [0.25, 0.3) is 0 Å². The Morgan fingerprint density at radius 2 is 0.661 bits per heavy atom. The number of rotatable bonds is 44. The molecule has 0 aromatic rings. The zero-order chi connectivity index (χ0) is 43.0. The second kappa shape index (κ2) is 47.8. The molecule has 340 valence electrons. The molecular formula is C53H92O6. The van der Waals surface area contributed by atoms with E-state index in [0.717, 1.165) is 103 Å². The third kappa shape index (κ3) is 46.0. The van der Waals surface area contributed by atoms with Crippen molar-refractivity contribution in [1.29, 1.82) is 0 Å². The Labute approximate surface area is 364 Å². The lowest BCUT2D eigenvalue weighted by Gasteiger charge is -2.18. The zero-order valence-electron chi connectivity index (χ0n) is 38.8. The van der Waals surface area contributed by atoms with Crippen LogP contribution in [-0.2, 0) is 28.6 Å². The summed E-state index contributed by atoms with van der Waals surface area (Å²) in [7, 11) is 0. The first-order chi connectivity index (χ1) is 29.0. The van der Waals surface area contributed by atoms with Gasteiger partial charge in [-0.3, -0.25) is 14.4 Å². The number of unbranched alkanes of at least 4 members (excludes halogenated alkanes) is 23. The van der Waals surface area contributed by atoms with Gasteiger partial charge >= 0.3 is 17.9 Å². The fourth-order valence-corrected chi connectivity index (χ4v) is 6.78. The average molecular weight is 825 g/mol. The van der Waals surface area contributed by atoms with Crippen LogP contribution in [-0.4, -0.2) is 37.2 Å². The van der Waals surface area contributed by atoms with E-state index in [1.165, 1.54) is 96.3 Å². The van der Waals surface area contributed by atoms with E-state index in [2.05, 4.69) is 81.5 Å². The van der Waals surface area contributed by atoms with Gasteiger partial charge in [-0.05, 0) is 83.5 Å². The van der Waals surface area contributed by atoms with Gasteiger partial charge in [-0.1, -0.05) is 197 Å². The molecule has 6 heteroatoms. The second-order valence-electron chi connectivity index (χ2n) is 16.3. The highest BCUT2D eigenvalue weighted by molar-refractivity contribution is 5.71. The Balaban J connectivity index is 4.35. The van der Waals surface area contributed by atoms with Crippen LogP contribution in [0.5, 0.6) is 0 Å². The lowest BCUT2D eigenvalue weighted by Crippen LogP contribution is -2.30. The van der Waals surface area contributed by atoms with Gasteiger partial charge in [0.1, 0.15) is 13.2 Å². The third-order valence-corrected chi connectivity index (χ3v) is 10.5. The van der Waals surface area contributed by atoms with Gasteiger partial charge in [0.05, 0.1) is 0 Å². The van der Waals surface area contributed by atoms with Crippen LogP contribution >= 0.6 is 0 Å². The minimum atomic E-state index is -0.780. The van der Waals surface area contributed by atoms with Crippen LogP contribution in [0.3, 0.4) is 0 Å². The molecule has 0 saturated carbocycles. The average Bonchev–Trinajstić information content (AvgIpc) is 3.23. The number of allylic oxidation sites excluding steroid dienone is 10. The summed E-state index contributed by atoms with van der Waals surface area (Å²) in [6.45, 7) is 6.47. The first-order valence-corrected chi connectivity index (χ1v) is 24.8. The number of esters is 3. The standard InChI is InChI=1S/C53H92O6/c1-4-7-10-13-16-19-22-24-25-26-27-28-29-30-32-34-37-40-43-46-52(55)58-49-50(48-57-51(54)45-42-39-36-33-21-18-15-12-9-6-3)59-53(56)47-44-41-38-35-31-23-20-17-14-11-8-5-2/h7,10,16-17,19-20,24-25,27-28,50H,4-6,8-9,11-15,18,21-23,26,29-49H2,1-3H3/b10-7-,19-16-,20-17-,25-24-,28-27-. The van der Waals surface area contributed by atoms with Crippen molar-refractivity contribution in [2.75, 3.05) is 13.2 Å². The van der Waals surface area contributed by atoms with Crippen LogP contribution in [0, 0.1) is 0 Å². The molecule has 1 atom stereocenters. The van der Waals surface area contributed by atoms with E-state index in [1.54, 1.807) is 0 Å². The molecule has 0 aromatic heterocycles. The minimum Gasteiger partial charge on any atom is -0.462 e. The SMILES string of the molecule is CC/C=C\C/C=C\C/C=C\C/C=C\CCCCCCCCC(=O)OCC(COC(=O)CCCCCCCCCCCC)OC(=O)CCCCCCC/C=C\CCCCC. The van der Waals surface area contributed by atoms with Gasteiger partial charge in [0.15, 0.2) is 6.10 Å². The van der Waals surface area contributed by atoms with Crippen molar-refractivity contribution in [3.05, 3.63) is 60.8 Å². The van der Waals surface area contributed by atoms with Gasteiger partial charge in [0, 0.05) is 19.3 Å². The molecule has 0 aliphatic rings. The van der Waals surface area contributed by atoms with Crippen molar-refractivity contribution in [2.24, 2.45) is 0 Å². The van der Waals surface area contributed by atoms with Crippen molar-refractivity contribution in [1.82, 2.24) is 0 Å². The van der Waals surface area contributed by atoms with Crippen LogP contribution in [0.4, 0.5) is 0 Å². The molecule has 0 heterocycles. The van der Waals surface area contributed by atoms with E-state index in [0.29, 0.717) is 19.3 Å². The molecule has 0 saturated heterocycles. The van der Waals surface area contributed by atoms with Gasteiger partial charge in [-0.2, -0.15) is 0 Å². The van der Waals surface area contributed by atoms with Crippen LogP contribution in [0.1, 0.15) is 239 Å². The summed E-state index contributed by atoms with van der Waals surface area (Å²) < 4.78 is 16.7. The first kappa shape index (κ1) is 56.1. The highest BCUT2D eigenvalue weighted by Crippen LogP contribution is 2.14. The van der Waals surface area contributed by atoms with Crippen LogP contribution in [0.2, 0.25) is 0 Å². The van der Waals surface area contributed by atoms with Gasteiger partial charge < -0.3 is 14.2 Å². The van der Waals surface area contributed by atoms with E-state index < -0.39 is 6.10 Å². The van der Waals surface area contributed by atoms with E-state index in [-0.39, 0.29) is 31.1 Å². The summed E-state index contributed by atoms with van der Waals surface area (Å²) in [5, 5.41) is 0. The third-order valence-electron chi connectivity index (χ3n) is 10.5. The molecule has 0 amide bonds. The van der Waals surface area contributed by atoms with Crippen molar-refractivity contribution < 1.29 is 28.6 Å². The van der Waals surface area contributed by atoms with Crippen molar-refractivity contribution >= 4 is 17.9 Å². The monoisotopic (exact) mass is 825 g/mol. The molecule has 0 aliphatic carbocycles. The molecule has 0 rings (SSSR count). The largest absolute Gasteiger partial charge is 0.462 e. The number of ether oxygens (including phenoxy) is 3. The number of carbonyl (C=O) groups is 3. The molecule has 59 heavy (non-hydrogen) atoms. The number of hydrogen-bond donors (Lipinski definition) is 0. The molecule has 0 spiro atoms. The maximum atomic E-state index is 12.7. The van der Waals surface area contributed by atoms with Crippen molar-refractivity contribution in [3.63, 3.8) is 0 Å². The van der Waals surface area contributed by atoms with Gasteiger partial charge in [0.2, 0.25) is 0 Å². The maximum Gasteiger partial charge on any atom is 0.306 e. The predicted molar refractivity (Wildman–Crippen MR) is 251 cm³/mol. The summed E-state index contributed by atoms with van der Waals surface area (Å²) >= 11 is 0. The second-order valence-corrected chi connectivity index (χ2v) is 16.3. The van der Waals surface area contributed by atoms with E-state index in [4.69, 9.17) is 14.2 Å². The van der Waals surface area contributed by atoms with Crippen LogP contribution in [0.15, 0.2) is 60.8 Å².